The van der Waals surface area contributed by atoms with Crippen LogP contribution in [0.4, 0.5) is 0 Å². The number of aryl methyl sites for hydroxylation is 1. The van der Waals surface area contributed by atoms with Gasteiger partial charge >= 0.3 is 11.9 Å². The Morgan fingerprint density at radius 1 is 1.18 bits per heavy atom. The van der Waals surface area contributed by atoms with Crippen molar-refractivity contribution in [2.24, 2.45) is 5.92 Å². The minimum absolute atomic E-state index is 0.211. The molecule has 1 aromatic rings. The van der Waals surface area contributed by atoms with Gasteiger partial charge in [-0.05, 0) is 36.8 Å². The average Bonchev–Trinajstić information content (AvgIpc) is 2.48. The predicted molar refractivity (Wildman–Crippen MR) is 82.6 cm³/mol. The van der Waals surface area contributed by atoms with E-state index in [9.17, 15) is 14.7 Å². The van der Waals surface area contributed by atoms with E-state index in [-0.39, 0.29) is 5.75 Å². The summed E-state index contributed by atoms with van der Waals surface area (Å²) in [4.78, 5) is 23.4. The standard InChI is InChI=1S/C17H24O5/c1-11-6-7-14(18)13(10-11)17(2,3)9-8-12(15(19)21-4)16(20)22-5/h6-7,10,12,18H,8-9H2,1-5H3. The van der Waals surface area contributed by atoms with Crippen molar-refractivity contribution < 1.29 is 24.2 Å². The van der Waals surface area contributed by atoms with Crippen LogP contribution < -0.4 is 0 Å². The van der Waals surface area contributed by atoms with Crippen molar-refractivity contribution in [1.29, 1.82) is 0 Å². The number of carbonyl (C=O) groups is 2. The van der Waals surface area contributed by atoms with E-state index in [4.69, 9.17) is 0 Å². The fraction of sp³-hybridized carbons (Fsp3) is 0.529. The van der Waals surface area contributed by atoms with Gasteiger partial charge in [0.2, 0.25) is 0 Å². The van der Waals surface area contributed by atoms with Crippen LogP contribution in [0.15, 0.2) is 18.2 Å². The summed E-state index contributed by atoms with van der Waals surface area (Å²) in [6.07, 6.45) is 0.818. The van der Waals surface area contributed by atoms with E-state index < -0.39 is 23.3 Å². The van der Waals surface area contributed by atoms with E-state index in [0.717, 1.165) is 11.1 Å². The first-order valence-corrected chi connectivity index (χ1v) is 7.18. The first kappa shape index (κ1) is 18.0. The van der Waals surface area contributed by atoms with Crippen molar-refractivity contribution in [3.05, 3.63) is 29.3 Å². The number of benzene rings is 1. The van der Waals surface area contributed by atoms with Gasteiger partial charge in [0.15, 0.2) is 5.92 Å². The number of phenols is 1. The van der Waals surface area contributed by atoms with Crippen molar-refractivity contribution in [3.8, 4) is 5.75 Å². The van der Waals surface area contributed by atoms with Gasteiger partial charge in [-0.3, -0.25) is 9.59 Å². The molecule has 0 aliphatic rings. The Morgan fingerprint density at radius 3 is 2.23 bits per heavy atom. The molecule has 122 valence electrons. The molecular formula is C17H24O5. The molecule has 1 rings (SSSR count). The second-order valence-corrected chi connectivity index (χ2v) is 6.04. The van der Waals surface area contributed by atoms with Crippen LogP contribution in [0.5, 0.6) is 5.75 Å². The molecule has 0 saturated carbocycles. The fourth-order valence-electron chi connectivity index (χ4n) is 2.45. The third-order valence-corrected chi connectivity index (χ3v) is 3.91. The Bertz CT molecular complexity index is 532. The molecule has 5 heteroatoms. The second kappa shape index (κ2) is 7.29. The maximum atomic E-state index is 11.7. The van der Waals surface area contributed by atoms with Gasteiger partial charge in [0.1, 0.15) is 5.75 Å². The monoisotopic (exact) mass is 308 g/mol. The molecule has 0 radical (unpaired) electrons. The number of phenolic OH excluding ortho intramolecular Hbond substituents is 1. The van der Waals surface area contributed by atoms with Gasteiger partial charge in [-0.15, -0.1) is 0 Å². The van der Waals surface area contributed by atoms with E-state index in [1.807, 2.05) is 32.9 Å². The highest BCUT2D eigenvalue weighted by atomic mass is 16.5. The summed E-state index contributed by atoms with van der Waals surface area (Å²) in [5.41, 5.74) is 1.44. The van der Waals surface area contributed by atoms with Crippen LogP contribution in [-0.2, 0) is 24.5 Å². The third kappa shape index (κ3) is 4.23. The minimum atomic E-state index is -0.943. The van der Waals surface area contributed by atoms with Gasteiger partial charge < -0.3 is 14.6 Å². The smallest absolute Gasteiger partial charge is 0.320 e. The summed E-state index contributed by atoms with van der Waals surface area (Å²) in [6.45, 7) is 5.88. The fourth-order valence-corrected chi connectivity index (χ4v) is 2.45. The number of methoxy groups -OCH3 is 2. The lowest BCUT2D eigenvalue weighted by Gasteiger charge is -2.27. The van der Waals surface area contributed by atoms with Crippen LogP contribution >= 0.6 is 0 Å². The molecule has 0 aliphatic heterocycles. The van der Waals surface area contributed by atoms with E-state index in [1.165, 1.54) is 14.2 Å². The van der Waals surface area contributed by atoms with Gasteiger partial charge in [0.05, 0.1) is 14.2 Å². The molecule has 0 saturated heterocycles. The third-order valence-electron chi connectivity index (χ3n) is 3.91. The van der Waals surface area contributed by atoms with Crippen LogP contribution in [0.3, 0.4) is 0 Å². The van der Waals surface area contributed by atoms with Crippen LogP contribution in [0.1, 0.15) is 37.8 Å². The number of ether oxygens (including phenoxy) is 2. The Balaban J connectivity index is 2.93. The van der Waals surface area contributed by atoms with E-state index in [0.29, 0.717) is 12.8 Å². The summed E-state index contributed by atoms with van der Waals surface area (Å²) in [5, 5.41) is 10.1. The topological polar surface area (TPSA) is 72.8 Å². The first-order valence-electron chi connectivity index (χ1n) is 7.18. The molecule has 0 spiro atoms. The zero-order valence-electron chi connectivity index (χ0n) is 13.8. The van der Waals surface area contributed by atoms with Crippen molar-refractivity contribution in [2.45, 2.75) is 39.0 Å². The maximum Gasteiger partial charge on any atom is 0.320 e. The SMILES string of the molecule is COC(=O)C(CCC(C)(C)c1cc(C)ccc1O)C(=O)OC. The molecule has 1 aromatic carbocycles. The maximum absolute atomic E-state index is 11.7. The molecule has 0 bridgehead atoms. The molecule has 0 fully saturated rings. The van der Waals surface area contributed by atoms with Crippen molar-refractivity contribution in [1.82, 2.24) is 0 Å². The van der Waals surface area contributed by atoms with E-state index in [2.05, 4.69) is 9.47 Å². The average molecular weight is 308 g/mol. The van der Waals surface area contributed by atoms with Crippen molar-refractivity contribution >= 4 is 11.9 Å². The highest BCUT2D eigenvalue weighted by molar-refractivity contribution is 5.94. The molecule has 0 unspecified atom stereocenters. The number of carbonyl (C=O) groups excluding carboxylic acids is 2. The van der Waals surface area contributed by atoms with Crippen molar-refractivity contribution in [2.75, 3.05) is 14.2 Å². The molecule has 0 heterocycles. The molecule has 0 aliphatic carbocycles. The Labute approximate surface area is 131 Å². The van der Waals surface area contributed by atoms with E-state index in [1.54, 1.807) is 6.07 Å². The normalized spacial score (nSPS) is 11.4. The molecule has 0 atom stereocenters. The molecule has 0 aromatic heterocycles. The number of aromatic hydroxyl groups is 1. The lowest BCUT2D eigenvalue weighted by molar-refractivity contribution is -0.159. The summed E-state index contributed by atoms with van der Waals surface area (Å²) in [7, 11) is 2.49. The highest BCUT2D eigenvalue weighted by Crippen LogP contribution is 2.36. The van der Waals surface area contributed by atoms with Crippen LogP contribution in [-0.4, -0.2) is 31.3 Å². The number of esters is 2. The number of hydrogen-bond donors (Lipinski definition) is 1. The van der Waals surface area contributed by atoms with Crippen LogP contribution in [0.2, 0.25) is 0 Å². The summed E-state index contributed by atoms with van der Waals surface area (Å²) in [6, 6.07) is 5.41. The minimum Gasteiger partial charge on any atom is -0.508 e. The zero-order chi connectivity index (χ0) is 16.9. The largest absolute Gasteiger partial charge is 0.508 e. The van der Waals surface area contributed by atoms with Gasteiger partial charge in [-0.25, -0.2) is 0 Å². The Morgan fingerprint density at radius 2 is 1.73 bits per heavy atom. The summed E-state index contributed by atoms with van der Waals surface area (Å²) >= 11 is 0. The number of rotatable bonds is 6. The van der Waals surface area contributed by atoms with Crippen LogP contribution in [0, 0.1) is 12.8 Å². The zero-order valence-corrected chi connectivity index (χ0v) is 13.8. The predicted octanol–water partition coefficient (Wildman–Crippen LogP) is 2.72. The van der Waals surface area contributed by atoms with Crippen molar-refractivity contribution in [3.63, 3.8) is 0 Å². The second-order valence-electron chi connectivity index (χ2n) is 6.04. The Hall–Kier alpha value is -2.04. The molecule has 5 nitrogen and oxygen atoms in total. The summed E-state index contributed by atoms with van der Waals surface area (Å²) < 4.78 is 9.32. The molecule has 1 N–H and O–H groups in total. The molecule has 0 amide bonds. The molecular weight excluding hydrogens is 284 g/mol. The van der Waals surface area contributed by atoms with Gasteiger partial charge in [0.25, 0.3) is 0 Å². The van der Waals surface area contributed by atoms with Crippen LogP contribution in [0.25, 0.3) is 0 Å². The highest BCUT2D eigenvalue weighted by Gasteiger charge is 2.32. The number of hydrogen-bond acceptors (Lipinski definition) is 5. The first-order chi connectivity index (χ1) is 10.2. The lowest BCUT2D eigenvalue weighted by atomic mass is 9.77. The Kier molecular flexibility index (Phi) is 5.97. The molecule has 22 heavy (non-hydrogen) atoms. The summed E-state index contributed by atoms with van der Waals surface area (Å²) in [5.74, 6) is -1.93. The quantitative estimate of drug-likeness (QED) is 0.646. The van der Waals surface area contributed by atoms with Gasteiger partial charge in [0, 0.05) is 0 Å². The van der Waals surface area contributed by atoms with Gasteiger partial charge in [-0.1, -0.05) is 31.5 Å². The van der Waals surface area contributed by atoms with Gasteiger partial charge in [-0.2, -0.15) is 0 Å². The van der Waals surface area contributed by atoms with E-state index >= 15 is 0 Å². The lowest BCUT2D eigenvalue weighted by Crippen LogP contribution is -2.29.